The van der Waals surface area contributed by atoms with Crippen LogP contribution in [0.15, 0.2) is 28.7 Å². The number of benzene rings is 1. The predicted octanol–water partition coefficient (Wildman–Crippen LogP) is 4.73. The predicted molar refractivity (Wildman–Crippen MR) is 83.0 cm³/mol. The number of hydrogen-bond acceptors (Lipinski definition) is 1. The van der Waals surface area contributed by atoms with Gasteiger partial charge in [0.15, 0.2) is 0 Å². The highest BCUT2D eigenvalue weighted by Crippen LogP contribution is 2.22. The summed E-state index contributed by atoms with van der Waals surface area (Å²) in [5, 5.41) is 9.14. The van der Waals surface area contributed by atoms with Gasteiger partial charge in [-0.3, -0.25) is 4.79 Å². The maximum atomic E-state index is 11.1. The maximum absolute atomic E-state index is 11.1. The fraction of sp³-hybridized carbons (Fsp3) is 0.462. The second-order valence-electron chi connectivity index (χ2n) is 3.97. The molecule has 0 amide bonds. The lowest BCUT2D eigenvalue weighted by Gasteiger charge is -2.12. The van der Waals surface area contributed by atoms with Gasteiger partial charge >= 0.3 is 5.97 Å². The van der Waals surface area contributed by atoms with Crippen molar-refractivity contribution in [3.8, 4) is 0 Å². The minimum absolute atomic E-state index is 0. The second kappa shape index (κ2) is 10.7. The fourth-order valence-corrected chi connectivity index (χ4v) is 2.14. The monoisotopic (exact) mass is 356 g/mol. The van der Waals surface area contributed by atoms with Crippen molar-refractivity contribution in [2.75, 3.05) is 0 Å². The van der Waals surface area contributed by atoms with Gasteiger partial charge in [-0.25, -0.2) is 0 Å². The van der Waals surface area contributed by atoms with Crippen LogP contribution < -0.4 is 0 Å². The second-order valence-corrected chi connectivity index (χ2v) is 4.83. The van der Waals surface area contributed by atoms with Crippen LogP contribution in [0.5, 0.6) is 0 Å². The summed E-state index contributed by atoms with van der Waals surface area (Å²) in [6.07, 6.45) is 3.38. The Kier molecular flexibility index (Phi) is 11.9. The van der Waals surface area contributed by atoms with Gasteiger partial charge in [0.2, 0.25) is 0 Å². The molecule has 1 aromatic rings. The Labute approximate surface area is 129 Å². The van der Waals surface area contributed by atoms with E-state index in [1.165, 1.54) is 0 Å². The van der Waals surface area contributed by atoms with Gasteiger partial charge in [-0.1, -0.05) is 53.9 Å². The molecule has 1 rings (SSSR count). The van der Waals surface area contributed by atoms with Gasteiger partial charge in [0.25, 0.3) is 0 Å². The van der Waals surface area contributed by atoms with Crippen LogP contribution in [-0.2, 0) is 11.2 Å². The van der Waals surface area contributed by atoms with E-state index in [1.54, 1.807) is 0 Å². The number of unbranched alkanes of at least 4 members (excludes halogenated alkanes) is 1. The van der Waals surface area contributed by atoms with E-state index in [9.17, 15) is 4.79 Å². The van der Waals surface area contributed by atoms with Crippen molar-refractivity contribution in [2.45, 2.75) is 32.6 Å². The van der Waals surface area contributed by atoms with E-state index >= 15 is 0 Å². The SMILES string of the molecule is CCCCC(Cc1ccccc1Br)C(=O)O.Cl.Cl. The zero-order valence-electron chi connectivity index (χ0n) is 10.3. The molecular formula is C13H19BrCl2O2. The summed E-state index contributed by atoms with van der Waals surface area (Å²) in [5.74, 6) is -0.956. The molecule has 0 heterocycles. The van der Waals surface area contributed by atoms with Gasteiger partial charge in [-0.15, -0.1) is 24.8 Å². The van der Waals surface area contributed by atoms with E-state index in [2.05, 4.69) is 22.9 Å². The third-order valence-electron chi connectivity index (χ3n) is 2.68. The topological polar surface area (TPSA) is 37.3 Å². The first kappa shape index (κ1) is 20.1. The molecule has 18 heavy (non-hydrogen) atoms. The first-order valence-electron chi connectivity index (χ1n) is 5.61. The molecule has 1 aromatic carbocycles. The van der Waals surface area contributed by atoms with Crippen LogP contribution in [0.3, 0.4) is 0 Å². The zero-order chi connectivity index (χ0) is 12.0. The van der Waals surface area contributed by atoms with Crippen LogP contribution in [-0.4, -0.2) is 11.1 Å². The molecule has 1 unspecified atom stereocenters. The first-order chi connectivity index (χ1) is 7.65. The minimum Gasteiger partial charge on any atom is -0.481 e. The van der Waals surface area contributed by atoms with Crippen LogP contribution in [0.4, 0.5) is 0 Å². The maximum Gasteiger partial charge on any atom is 0.306 e. The molecule has 5 heteroatoms. The Balaban J connectivity index is 0. The average molecular weight is 358 g/mol. The largest absolute Gasteiger partial charge is 0.481 e. The van der Waals surface area contributed by atoms with Crippen molar-refractivity contribution in [3.63, 3.8) is 0 Å². The summed E-state index contributed by atoms with van der Waals surface area (Å²) in [6.45, 7) is 2.08. The molecule has 2 nitrogen and oxygen atoms in total. The Morgan fingerprint density at radius 2 is 1.94 bits per heavy atom. The van der Waals surface area contributed by atoms with E-state index in [-0.39, 0.29) is 30.7 Å². The van der Waals surface area contributed by atoms with Crippen LogP contribution in [0.1, 0.15) is 31.7 Å². The van der Waals surface area contributed by atoms with E-state index in [0.29, 0.717) is 6.42 Å². The lowest BCUT2D eigenvalue weighted by molar-refractivity contribution is -0.142. The van der Waals surface area contributed by atoms with Gasteiger partial charge in [-0.2, -0.15) is 0 Å². The molecular weight excluding hydrogens is 339 g/mol. The number of rotatable bonds is 6. The number of hydrogen-bond donors (Lipinski definition) is 1. The summed E-state index contributed by atoms with van der Waals surface area (Å²) in [7, 11) is 0. The summed E-state index contributed by atoms with van der Waals surface area (Å²) in [4.78, 5) is 11.1. The quantitative estimate of drug-likeness (QED) is 0.799. The third-order valence-corrected chi connectivity index (χ3v) is 3.45. The minimum atomic E-state index is -0.691. The Bertz CT molecular complexity index is 359. The fourth-order valence-electron chi connectivity index (χ4n) is 1.69. The zero-order valence-corrected chi connectivity index (χ0v) is 13.5. The molecule has 0 aliphatic carbocycles. The number of carbonyl (C=O) groups is 1. The number of carboxylic acid groups (broad SMARTS) is 1. The molecule has 0 saturated heterocycles. The average Bonchev–Trinajstić information content (AvgIpc) is 2.26. The van der Waals surface area contributed by atoms with Crippen molar-refractivity contribution in [2.24, 2.45) is 5.92 Å². The molecule has 0 spiro atoms. The Morgan fingerprint density at radius 1 is 1.33 bits per heavy atom. The molecule has 0 aliphatic rings. The van der Waals surface area contributed by atoms with Crippen molar-refractivity contribution >= 4 is 46.7 Å². The summed E-state index contributed by atoms with van der Waals surface area (Å²) in [5.41, 5.74) is 1.08. The van der Waals surface area contributed by atoms with Crippen molar-refractivity contribution in [1.29, 1.82) is 0 Å². The van der Waals surface area contributed by atoms with Crippen molar-refractivity contribution in [1.82, 2.24) is 0 Å². The van der Waals surface area contributed by atoms with Crippen LogP contribution in [0.25, 0.3) is 0 Å². The first-order valence-corrected chi connectivity index (χ1v) is 6.40. The smallest absolute Gasteiger partial charge is 0.306 e. The lowest BCUT2D eigenvalue weighted by atomic mass is 9.94. The summed E-state index contributed by atoms with van der Waals surface area (Å²) >= 11 is 3.45. The van der Waals surface area contributed by atoms with Crippen LogP contribution in [0, 0.1) is 5.92 Å². The molecule has 1 atom stereocenters. The summed E-state index contributed by atoms with van der Waals surface area (Å²) < 4.78 is 0.998. The van der Waals surface area contributed by atoms with Gasteiger partial charge in [0, 0.05) is 4.47 Å². The third kappa shape index (κ3) is 6.62. The number of carboxylic acids is 1. The van der Waals surface area contributed by atoms with Gasteiger partial charge < -0.3 is 5.11 Å². The Morgan fingerprint density at radius 3 is 2.44 bits per heavy atom. The van der Waals surface area contributed by atoms with Gasteiger partial charge in [0.05, 0.1) is 5.92 Å². The van der Waals surface area contributed by atoms with E-state index in [1.807, 2.05) is 24.3 Å². The van der Waals surface area contributed by atoms with E-state index in [0.717, 1.165) is 29.3 Å². The molecule has 0 saturated carbocycles. The molecule has 1 N–H and O–H groups in total. The highest BCUT2D eigenvalue weighted by Gasteiger charge is 2.18. The molecule has 0 aliphatic heterocycles. The number of aliphatic carboxylic acids is 1. The lowest BCUT2D eigenvalue weighted by Crippen LogP contribution is -2.16. The van der Waals surface area contributed by atoms with E-state index in [4.69, 9.17) is 5.11 Å². The molecule has 0 radical (unpaired) electrons. The highest BCUT2D eigenvalue weighted by molar-refractivity contribution is 9.10. The van der Waals surface area contributed by atoms with Gasteiger partial charge in [0.1, 0.15) is 0 Å². The van der Waals surface area contributed by atoms with Crippen LogP contribution >= 0.6 is 40.7 Å². The van der Waals surface area contributed by atoms with E-state index < -0.39 is 5.97 Å². The van der Waals surface area contributed by atoms with Crippen LogP contribution in [0.2, 0.25) is 0 Å². The normalized spacial score (nSPS) is 11.0. The van der Waals surface area contributed by atoms with Gasteiger partial charge in [-0.05, 0) is 24.5 Å². The van der Waals surface area contributed by atoms with Crippen molar-refractivity contribution in [3.05, 3.63) is 34.3 Å². The van der Waals surface area contributed by atoms with Crippen molar-refractivity contribution < 1.29 is 9.90 Å². The standard InChI is InChI=1S/C13H17BrO2.2ClH/c1-2-3-6-11(13(15)16)9-10-7-4-5-8-12(10)14;;/h4-5,7-8,11H,2-3,6,9H2,1H3,(H,15,16);2*1H. The molecule has 0 aromatic heterocycles. The number of halogens is 3. The molecule has 104 valence electrons. The summed E-state index contributed by atoms with van der Waals surface area (Å²) in [6, 6.07) is 7.81. The highest BCUT2D eigenvalue weighted by atomic mass is 79.9. The Hall–Kier alpha value is -0.250. The molecule has 0 bridgehead atoms. The molecule has 0 fully saturated rings.